The fourth-order valence-electron chi connectivity index (χ4n) is 4.08. The Morgan fingerprint density at radius 2 is 1.97 bits per heavy atom. The van der Waals surface area contributed by atoms with Gasteiger partial charge in [0.1, 0.15) is 5.01 Å². The molecule has 3 aromatic rings. The van der Waals surface area contributed by atoms with E-state index in [-0.39, 0.29) is 5.91 Å². The molecule has 182 valence electrons. The number of unbranched alkanes of at least 4 members (excludes halogenated alkanes) is 2. The van der Waals surface area contributed by atoms with Crippen molar-refractivity contribution in [3.8, 4) is 0 Å². The Morgan fingerprint density at radius 1 is 1.11 bits per heavy atom. The highest BCUT2D eigenvalue weighted by atomic mass is 32.1. The molecule has 0 atom stereocenters. The molecule has 1 aliphatic heterocycles. The maximum atomic E-state index is 11.9. The van der Waals surface area contributed by atoms with Crippen LogP contribution in [0.3, 0.4) is 0 Å². The average Bonchev–Trinajstić information content (AvgIpc) is 3.30. The lowest BCUT2D eigenvalue weighted by atomic mass is 9.99. The second-order valence-electron chi connectivity index (χ2n) is 8.38. The molecule has 0 fully saturated rings. The van der Waals surface area contributed by atoms with Crippen molar-refractivity contribution in [1.29, 1.82) is 0 Å². The number of anilines is 1. The van der Waals surface area contributed by atoms with Gasteiger partial charge in [0, 0.05) is 43.6 Å². The SMILES string of the molecule is CCOCCNC(=O)CCCCCN1C=CC(=CC=Cc2nc3ccccc3s2)c2ccccc21. The molecule has 5 nitrogen and oxygen atoms in total. The van der Waals surface area contributed by atoms with Crippen LogP contribution in [0.5, 0.6) is 0 Å². The van der Waals surface area contributed by atoms with Crippen molar-refractivity contribution < 1.29 is 9.53 Å². The molecule has 0 radical (unpaired) electrons. The Bertz CT molecular complexity index is 1180. The molecule has 0 saturated heterocycles. The predicted octanol–water partition coefficient (Wildman–Crippen LogP) is 6.44. The topological polar surface area (TPSA) is 54.5 Å². The summed E-state index contributed by atoms with van der Waals surface area (Å²) in [5, 5.41) is 3.92. The van der Waals surface area contributed by atoms with Gasteiger partial charge in [-0.15, -0.1) is 11.3 Å². The number of carbonyl (C=O) groups is 1. The van der Waals surface area contributed by atoms with Gasteiger partial charge in [0.15, 0.2) is 0 Å². The van der Waals surface area contributed by atoms with Gasteiger partial charge < -0.3 is 15.0 Å². The van der Waals surface area contributed by atoms with Gasteiger partial charge in [0.05, 0.1) is 16.8 Å². The quantitative estimate of drug-likeness (QED) is 0.299. The molecule has 1 aromatic heterocycles. The first-order valence-corrected chi connectivity index (χ1v) is 13.2. The maximum absolute atomic E-state index is 11.9. The Kier molecular flexibility index (Phi) is 9.26. The van der Waals surface area contributed by atoms with Crippen molar-refractivity contribution in [2.75, 3.05) is 31.2 Å². The number of hydrogen-bond acceptors (Lipinski definition) is 5. The fraction of sp³-hybridized carbons (Fsp3) is 0.310. The van der Waals surface area contributed by atoms with Crippen LogP contribution in [0.2, 0.25) is 0 Å². The first-order valence-electron chi connectivity index (χ1n) is 12.4. The molecular weight excluding hydrogens is 454 g/mol. The summed E-state index contributed by atoms with van der Waals surface area (Å²) in [5.41, 5.74) is 4.70. The molecule has 4 rings (SSSR count). The molecular formula is C29H33N3O2S. The zero-order valence-electron chi connectivity index (χ0n) is 20.3. The summed E-state index contributed by atoms with van der Waals surface area (Å²) in [6, 6.07) is 16.8. The van der Waals surface area contributed by atoms with Crippen molar-refractivity contribution in [2.45, 2.75) is 32.6 Å². The smallest absolute Gasteiger partial charge is 0.220 e. The van der Waals surface area contributed by atoms with Gasteiger partial charge in [-0.25, -0.2) is 4.98 Å². The summed E-state index contributed by atoms with van der Waals surface area (Å²) in [5.74, 6) is 0.113. The molecule has 35 heavy (non-hydrogen) atoms. The number of carbonyl (C=O) groups excluding carboxylic acids is 1. The lowest BCUT2D eigenvalue weighted by Crippen LogP contribution is -2.27. The number of allylic oxidation sites excluding steroid dienone is 4. The summed E-state index contributed by atoms with van der Waals surface area (Å²) in [4.78, 5) is 18.9. The van der Waals surface area contributed by atoms with Gasteiger partial charge >= 0.3 is 0 Å². The third-order valence-electron chi connectivity index (χ3n) is 5.86. The lowest BCUT2D eigenvalue weighted by molar-refractivity contribution is -0.121. The van der Waals surface area contributed by atoms with E-state index >= 15 is 0 Å². The molecule has 1 amide bonds. The summed E-state index contributed by atoms with van der Waals surface area (Å²) < 4.78 is 6.46. The van der Waals surface area contributed by atoms with Gasteiger partial charge in [-0.2, -0.15) is 0 Å². The van der Waals surface area contributed by atoms with Gasteiger partial charge in [-0.3, -0.25) is 4.79 Å². The maximum Gasteiger partial charge on any atom is 0.220 e. The van der Waals surface area contributed by atoms with Crippen LogP contribution in [0, 0.1) is 0 Å². The number of rotatable bonds is 12. The summed E-state index contributed by atoms with van der Waals surface area (Å²) in [6.45, 7) is 4.75. The normalized spacial score (nSPS) is 14.2. The molecule has 2 aromatic carbocycles. The van der Waals surface area contributed by atoms with Crippen LogP contribution >= 0.6 is 11.3 Å². The minimum Gasteiger partial charge on any atom is -0.380 e. The molecule has 0 unspecified atom stereocenters. The largest absolute Gasteiger partial charge is 0.380 e. The van der Waals surface area contributed by atoms with Gasteiger partial charge in [0.2, 0.25) is 5.91 Å². The highest BCUT2D eigenvalue weighted by Crippen LogP contribution is 2.33. The lowest BCUT2D eigenvalue weighted by Gasteiger charge is -2.27. The number of nitrogens with one attached hydrogen (secondary N) is 1. The van der Waals surface area contributed by atoms with Gasteiger partial charge in [-0.1, -0.05) is 48.9 Å². The van der Waals surface area contributed by atoms with Gasteiger partial charge in [-0.05, 0) is 55.7 Å². The predicted molar refractivity (Wildman–Crippen MR) is 148 cm³/mol. The second kappa shape index (κ2) is 13.0. The van der Waals surface area contributed by atoms with E-state index in [9.17, 15) is 4.79 Å². The number of ether oxygens (including phenoxy) is 1. The van der Waals surface area contributed by atoms with E-state index in [1.807, 2.05) is 19.1 Å². The van der Waals surface area contributed by atoms with Crippen LogP contribution in [0.4, 0.5) is 5.69 Å². The number of thiazole rings is 1. The number of hydrogen-bond donors (Lipinski definition) is 1. The number of aromatic nitrogens is 1. The van der Waals surface area contributed by atoms with Crippen molar-refractivity contribution in [3.63, 3.8) is 0 Å². The van der Waals surface area contributed by atoms with Crippen LogP contribution in [0.15, 0.2) is 73.0 Å². The molecule has 2 heterocycles. The van der Waals surface area contributed by atoms with E-state index in [4.69, 9.17) is 4.74 Å². The van der Waals surface area contributed by atoms with E-state index in [1.165, 1.54) is 21.5 Å². The first kappa shape index (κ1) is 24.9. The monoisotopic (exact) mass is 487 g/mol. The molecule has 1 aliphatic rings. The molecule has 0 spiro atoms. The zero-order valence-corrected chi connectivity index (χ0v) is 21.1. The summed E-state index contributed by atoms with van der Waals surface area (Å²) >= 11 is 1.71. The van der Waals surface area contributed by atoms with Crippen LogP contribution in [-0.2, 0) is 9.53 Å². The molecule has 0 bridgehead atoms. The number of nitrogens with zero attached hydrogens (tertiary/aromatic N) is 2. The number of benzene rings is 2. The van der Waals surface area contributed by atoms with Crippen LogP contribution in [0.25, 0.3) is 21.9 Å². The van der Waals surface area contributed by atoms with Crippen molar-refractivity contribution in [3.05, 3.63) is 83.5 Å². The van der Waals surface area contributed by atoms with Crippen LogP contribution in [-0.4, -0.2) is 37.2 Å². The minimum absolute atomic E-state index is 0.113. The van der Waals surface area contributed by atoms with E-state index < -0.39 is 0 Å². The van der Waals surface area contributed by atoms with Crippen molar-refractivity contribution >= 4 is 44.8 Å². The third-order valence-corrected chi connectivity index (χ3v) is 6.86. The molecule has 6 heteroatoms. The Balaban J connectivity index is 1.29. The molecule has 0 saturated carbocycles. The fourth-order valence-corrected chi connectivity index (χ4v) is 4.96. The standard InChI is InChI=1S/C29H33N3O2S/c1-2-34-22-19-30-28(33)16-4-3-9-20-32-21-18-23(24-12-5-7-14-26(24)32)11-10-17-29-31-25-13-6-8-15-27(25)35-29/h5-8,10-15,17-18,21H,2-4,9,16,19-20,22H2,1H3,(H,30,33). The van der Waals surface area contributed by atoms with Crippen LogP contribution in [0.1, 0.15) is 43.2 Å². The van der Waals surface area contributed by atoms with Gasteiger partial charge in [0.25, 0.3) is 0 Å². The summed E-state index contributed by atoms with van der Waals surface area (Å²) in [7, 11) is 0. The van der Waals surface area contributed by atoms with Crippen LogP contribution < -0.4 is 10.2 Å². The Labute approximate surface area is 211 Å². The highest BCUT2D eigenvalue weighted by Gasteiger charge is 2.15. The highest BCUT2D eigenvalue weighted by molar-refractivity contribution is 7.19. The van der Waals surface area contributed by atoms with E-state index in [0.29, 0.717) is 26.2 Å². The first-order chi connectivity index (χ1) is 17.2. The van der Waals surface area contributed by atoms with E-state index in [0.717, 1.165) is 36.3 Å². The Morgan fingerprint density at radius 3 is 2.86 bits per heavy atom. The number of amides is 1. The average molecular weight is 488 g/mol. The Hall–Kier alpha value is -3.22. The number of fused-ring (bicyclic) bond motifs is 2. The summed E-state index contributed by atoms with van der Waals surface area (Å²) in [6.07, 6.45) is 14.2. The molecule has 1 N–H and O–H groups in total. The van der Waals surface area contributed by atoms with E-state index in [2.05, 4.69) is 82.1 Å². The molecule has 0 aliphatic carbocycles. The number of para-hydroxylation sites is 2. The zero-order chi connectivity index (χ0) is 24.3. The third kappa shape index (κ3) is 7.13. The van der Waals surface area contributed by atoms with E-state index in [1.54, 1.807) is 11.3 Å². The minimum atomic E-state index is 0.113. The van der Waals surface area contributed by atoms with Crippen molar-refractivity contribution in [2.24, 2.45) is 0 Å². The van der Waals surface area contributed by atoms with Crippen molar-refractivity contribution in [1.82, 2.24) is 10.3 Å². The second-order valence-corrected chi connectivity index (χ2v) is 9.45.